The van der Waals surface area contributed by atoms with Gasteiger partial charge in [-0.05, 0) is 24.8 Å². The molecule has 2 nitrogen and oxygen atoms in total. The van der Waals surface area contributed by atoms with Gasteiger partial charge in [0.1, 0.15) is 5.01 Å². The number of para-hydroxylation sites is 1. The van der Waals surface area contributed by atoms with Crippen molar-refractivity contribution in [3.63, 3.8) is 0 Å². The summed E-state index contributed by atoms with van der Waals surface area (Å²) in [6.45, 7) is 4.32. The van der Waals surface area contributed by atoms with E-state index in [0.717, 1.165) is 10.8 Å². The molecule has 0 amide bonds. The van der Waals surface area contributed by atoms with Crippen molar-refractivity contribution in [2.45, 2.75) is 24.8 Å². The Morgan fingerprint density at radius 1 is 1.41 bits per heavy atom. The highest BCUT2D eigenvalue weighted by Crippen LogP contribution is 2.30. The second-order valence-corrected chi connectivity index (χ2v) is 5.90. The van der Waals surface area contributed by atoms with Gasteiger partial charge in [0.25, 0.3) is 0 Å². The van der Waals surface area contributed by atoms with Crippen LogP contribution in [0.4, 0.5) is 5.69 Å². The van der Waals surface area contributed by atoms with E-state index >= 15 is 0 Å². The number of aromatic nitrogens is 1. The van der Waals surface area contributed by atoms with Crippen molar-refractivity contribution in [1.29, 1.82) is 0 Å². The van der Waals surface area contributed by atoms with Gasteiger partial charge in [-0.15, -0.1) is 23.1 Å². The lowest BCUT2D eigenvalue weighted by atomic mass is 10.2. The molecule has 0 aliphatic rings. The van der Waals surface area contributed by atoms with Crippen LogP contribution in [-0.4, -0.2) is 10.7 Å². The van der Waals surface area contributed by atoms with E-state index in [0.29, 0.717) is 0 Å². The van der Waals surface area contributed by atoms with Crippen molar-refractivity contribution in [3.8, 4) is 0 Å². The Labute approximate surface area is 110 Å². The SMILES string of the molecule is CCSc1ccccc1NC(C)c1nccs1. The minimum absolute atomic E-state index is 0.258. The minimum Gasteiger partial charge on any atom is -0.375 e. The van der Waals surface area contributed by atoms with Crippen molar-refractivity contribution < 1.29 is 0 Å². The fraction of sp³-hybridized carbons (Fsp3) is 0.308. The van der Waals surface area contributed by atoms with E-state index in [2.05, 4.69) is 48.4 Å². The predicted octanol–water partition coefficient (Wildman–Crippen LogP) is 4.43. The van der Waals surface area contributed by atoms with E-state index in [9.17, 15) is 0 Å². The highest BCUT2D eigenvalue weighted by Gasteiger charge is 2.09. The molecule has 0 aliphatic carbocycles. The van der Waals surface area contributed by atoms with Crippen molar-refractivity contribution in [1.82, 2.24) is 4.98 Å². The van der Waals surface area contributed by atoms with Crippen molar-refractivity contribution in [3.05, 3.63) is 40.8 Å². The third-order valence-electron chi connectivity index (χ3n) is 2.38. The summed E-state index contributed by atoms with van der Waals surface area (Å²) in [5, 5.41) is 6.67. The Balaban J connectivity index is 2.12. The maximum atomic E-state index is 4.34. The van der Waals surface area contributed by atoms with Crippen LogP contribution in [0.15, 0.2) is 40.7 Å². The highest BCUT2D eigenvalue weighted by molar-refractivity contribution is 7.99. The summed E-state index contributed by atoms with van der Waals surface area (Å²) < 4.78 is 0. The van der Waals surface area contributed by atoms with Crippen LogP contribution in [0.25, 0.3) is 0 Å². The molecule has 1 atom stereocenters. The zero-order valence-electron chi connectivity index (χ0n) is 10.0. The van der Waals surface area contributed by atoms with Gasteiger partial charge in [0.2, 0.25) is 0 Å². The molecular formula is C13H16N2S2. The van der Waals surface area contributed by atoms with Gasteiger partial charge in [-0.2, -0.15) is 0 Å². The smallest absolute Gasteiger partial charge is 0.115 e. The molecule has 17 heavy (non-hydrogen) atoms. The first kappa shape index (κ1) is 12.5. The molecule has 0 fully saturated rings. The van der Waals surface area contributed by atoms with E-state index in [1.165, 1.54) is 10.6 Å². The summed E-state index contributed by atoms with van der Waals surface area (Å²) in [7, 11) is 0. The normalized spacial score (nSPS) is 12.4. The zero-order chi connectivity index (χ0) is 12.1. The Kier molecular flexibility index (Phi) is 4.45. The Bertz CT molecular complexity index is 454. The second kappa shape index (κ2) is 6.07. The molecule has 1 heterocycles. The molecule has 1 N–H and O–H groups in total. The summed E-state index contributed by atoms with van der Waals surface area (Å²) in [6, 6.07) is 8.69. The van der Waals surface area contributed by atoms with Gasteiger partial charge in [0.05, 0.1) is 6.04 Å². The van der Waals surface area contributed by atoms with Crippen LogP contribution in [-0.2, 0) is 0 Å². The summed E-state index contributed by atoms with van der Waals surface area (Å²) in [6.07, 6.45) is 1.85. The molecule has 0 aliphatic heterocycles. The monoisotopic (exact) mass is 264 g/mol. The second-order valence-electron chi connectivity index (χ2n) is 3.67. The molecule has 0 saturated heterocycles. The van der Waals surface area contributed by atoms with Gasteiger partial charge in [-0.3, -0.25) is 0 Å². The molecule has 2 aromatic rings. The van der Waals surface area contributed by atoms with Crippen LogP contribution in [0.3, 0.4) is 0 Å². The molecule has 2 rings (SSSR count). The molecule has 1 aromatic carbocycles. The van der Waals surface area contributed by atoms with Crippen LogP contribution in [0.2, 0.25) is 0 Å². The number of thiazole rings is 1. The largest absolute Gasteiger partial charge is 0.375 e. The summed E-state index contributed by atoms with van der Waals surface area (Å²) >= 11 is 3.55. The molecule has 4 heteroatoms. The minimum atomic E-state index is 0.258. The molecular weight excluding hydrogens is 248 g/mol. The maximum absolute atomic E-state index is 4.34. The first-order valence-electron chi connectivity index (χ1n) is 5.69. The van der Waals surface area contributed by atoms with Gasteiger partial charge in [-0.1, -0.05) is 19.1 Å². The lowest BCUT2D eigenvalue weighted by Crippen LogP contribution is -2.06. The quantitative estimate of drug-likeness (QED) is 0.809. The maximum Gasteiger partial charge on any atom is 0.115 e. The van der Waals surface area contributed by atoms with Gasteiger partial charge in [0.15, 0.2) is 0 Å². The van der Waals surface area contributed by atoms with Crippen LogP contribution in [0, 0.1) is 0 Å². The Morgan fingerprint density at radius 3 is 2.94 bits per heavy atom. The van der Waals surface area contributed by atoms with Gasteiger partial charge >= 0.3 is 0 Å². The topological polar surface area (TPSA) is 24.9 Å². The molecule has 1 unspecified atom stereocenters. The molecule has 90 valence electrons. The third kappa shape index (κ3) is 3.23. The summed E-state index contributed by atoms with van der Waals surface area (Å²) in [4.78, 5) is 5.64. The van der Waals surface area contributed by atoms with Crippen molar-refractivity contribution >= 4 is 28.8 Å². The average molecular weight is 264 g/mol. The van der Waals surface area contributed by atoms with Crippen LogP contribution < -0.4 is 5.32 Å². The molecule has 0 radical (unpaired) electrons. The predicted molar refractivity (Wildman–Crippen MR) is 77.0 cm³/mol. The fourth-order valence-electron chi connectivity index (χ4n) is 1.61. The van der Waals surface area contributed by atoms with Crippen molar-refractivity contribution in [2.24, 2.45) is 0 Å². The standard InChI is InChI=1S/C13H16N2S2/c1-3-16-12-7-5-4-6-11(12)15-10(2)13-14-8-9-17-13/h4-10,15H,3H2,1-2H3. The van der Waals surface area contributed by atoms with Gasteiger partial charge < -0.3 is 5.32 Å². The Morgan fingerprint density at radius 2 is 2.24 bits per heavy atom. The summed E-state index contributed by atoms with van der Waals surface area (Å²) in [5.74, 6) is 1.09. The average Bonchev–Trinajstić information content (AvgIpc) is 2.85. The molecule has 0 bridgehead atoms. The number of rotatable bonds is 5. The van der Waals surface area contributed by atoms with E-state index < -0.39 is 0 Å². The number of thioether (sulfide) groups is 1. The highest BCUT2D eigenvalue weighted by atomic mass is 32.2. The van der Waals surface area contributed by atoms with E-state index in [1.807, 2.05) is 23.3 Å². The first-order chi connectivity index (χ1) is 8.31. The third-order valence-corrected chi connectivity index (χ3v) is 4.29. The van der Waals surface area contributed by atoms with E-state index in [4.69, 9.17) is 0 Å². The van der Waals surface area contributed by atoms with Gasteiger partial charge in [-0.25, -0.2) is 4.98 Å². The number of hydrogen-bond acceptors (Lipinski definition) is 4. The molecule has 1 aromatic heterocycles. The lowest BCUT2D eigenvalue weighted by Gasteiger charge is -2.15. The fourth-order valence-corrected chi connectivity index (χ4v) is 3.02. The zero-order valence-corrected chi connectivity index (χ0v) is 11.6. The number of nitrogens with one attached hydrogen (secondary N) is 1. The number of anilines is 1. The molecule has 0 saturated carbocycles. The van der Waals surface area contributed by atoms with Gasteiger partial charge in [0, 0.05) is 22.2 Å². The van der Waals surface area contributed by atoms with E-state index in [-0.39, 0.29) is 6.04 Å². The Hall–Kier alpha value is -1.00. The van der Waals surface area contributed by atoms with Crippen LogP contribution in [0.1, 0.15) is 24.9 Å². The van der Waals surface area contributed by atoms with Crippen LogP contribution >= 0.6 is 23.1 Å². The number of hydrogen-bond donors (Lipinski definition) is 1. The summed E-state index contributed by atoms with van der Waals surface area (Å²) in [5.41, 5.74) is 1.20. The molecule has 0 spiro atoms. The van der Waals surface area contributed by atoms with E-state index in [1.54, 1.807) is 11.3 Å². The number of benzene rings is 1. The number of nitrogens with zero attached hydrogens (tertiary/aromatic N) is 1. The first-order valence-corrected chi connectivity index (χ1v) is 7.55. The lowest BCUT2D eigenvalue weighted by molar-refractivity contribution is 0.865. The van der Waals surface area contributed by atoms with Crippen molar-refractivity contribution in [2.75, 3.05) is 11.1 Å². The van der Waals surface area contributed by atoms with Crippen LogP contribution in [0.5, 0.6) is 0 Å².